The van der Waals surface area contributed by atoms with Crippen LogP contribution in [-0.4, -0.2) is 37.6 Å². The number of rotatable bonds is 11. The summed E-state index contributed by atoms with van der Waals surface area (Å²) in [6.07, 6.45) is 11.2. The highest BCUT2D eigenvalue weighted by atomic mass is 15.2. The van der Waals surface area contributed by atoms with E-state index in [4.69, 9.17) is 0 Å². The number of nitrogens with one attached hydrogen (secondary N) is 1. The van der Waals surface area contributed by atoms with Gasteiger partial charge in [-0.3, -0.25) is 0 Å². The number of likely N-dealkylation sites (N-methyl/N-ethyl adjacent to an activating group) is 1. The van der Waals surface area contributed by atoms with Gasteiger partial charge < -0.3 is 10.2 Å². The van der Waals surface area contributed by atoms with Gasteiger partial charge in [-0.1, -0.05) is 39.0 Å². The third-order valence-electron chi connectivity index (χ3n) is 3.52. The zero-order valence-corrected chi connectivity index (χ0v) is 11.3. The minimum Gasteiger partial charge on any atom is -0.315 e. The fraction of sp³-hybridized carbons (Fsp3) is 1.00. The smallest absolute Gasteiger partial charge is 0.0107 e. The predicted octanol–water partition coefficient (Wildman–Crippen LogP) is 3.03. The van der Waals surface area contributed by atoms with Crippen LogP contribution >= 0.6 is 0 Å². The van der Waals surface area contributed by atoms with Crippen molar-refractivity contribution in [2.24, 2.45) is 0 Å². The highest BCUT2D eigenvalue weighted by Crippen LogP contribution is 2.24. The molecule has 2 nitrogen and oxygen atoms in total. The number of unbranched alkanes of at least 4 members (excludes halogenated alkanes) is 5. The fourth-order valence-corrected chi connectivity index (χ4v) is 2.11. The average Bonchev–Trinajstić information content (AvgIpc) is 3.10. The first kappa shape index (κ1) is 14.0. The highest BCUT2D eigenvalue weighted by Gasteiger charge is 2.25. The van der Waals surface area contributed by atoms with E-state index in [1.54, 1.807) is 0 Å². The Morgan fingerprint density at radius 2 is 1.69 bits per heavy atom. The summed E-state index contributed by atoms with van der Waals surface area (Å²) in [5, 5.41) is 3.55. The maximum atomic E-state index is 3.55. The molecule has 0 heterocycles. The molecular formula is C14H30N2. The van der Waals surface area contributed by atoms with Crippen molar-refractivity contribution in [3.05, 3.63) is 0 Å². The maximum absolute atomic E-state index is 3.55. The van der Waals surface area contributed by atoms with E-state index in [0.717, 1.165) is 6.04 Å². The summed E-state index contributed by atoms with van der Waals surface area (Å²) >= 11 is 0. The topological polar surface area (TPSA) is 15.3 Å². The summed E-state index contributed by atoms with van der Waals surface area (Å²) in [5.41, 5.74) is 0. The van der Waals surface area contributed by atoms with Crippen LogP contribution in [0, 0.1) is 0 Å². The van der Waals surface area contributed by atoms with Crippen LogP contribution in [0.5, 0.6) is 0 Å². The summed E-state index contributed by atoms with van der Waals surface area (Å²) in [6, 6.07) is 0.913. The standard InChI is InChI=1S/C14H30N2/c1-3-4-5-6-7-8-11-15-12-13-16(2)14-9-10-14/h14-15H,3-13H2,1-2H3. The van der Waals surface area contributed by atoms with Gasteiger partial charge in [0.2, 0.25) is 0 Å². The van der Waals surface area contributed by atoms with Gasteiger partial charge in [0.05, 0.1) is 0 Å². The van der Waals surface area contributed by atoms with Crippen molar-refractivity contribution < 1.29 is 0 Å². The Balaban J connectivity index is 1.71. The molecule has 0 atom stereocenters. The van der Waals surface area contributed by atoms with E-state index in [2.05, 4.69) is 24.2 Å². The molecule has 1 aliphatic rings. The maximum Gasteiger partial charge on any atom is 0.0107 e. The second kappa shape index (κ2) is 9.00. The molecule has 0 aromatic carbocycles. The highest BCUT2D eigenvalue weighted by molar-refractivity contribution is 4.82. The van der Waals surface area contributed by atoms with Crippen LogP contribution in [0.2, 0.25) is 0 Å². The summed E-state index contributed by atoms with van der Waals surface area (Å²) in [6.45, 7) is 5.88. The second-order valence-electron chi connectivity index (χ2n) is 5.23. The van der Waals surface area contributed by atoms with Gasteiger partial charge in [-0.05, 0) is 32.9 Å². The number of hydrogen-bond donors (Lipinski definition) is 1. The van der Waals surface area contributed by atoms with Crippen molar-refractivity contribution >= 4 is 0 Å². The molecule has 0 bridgehead atoms. The lowest BCUT2D eigenvalue weighted by Crippen LogP contribution is -2.31. The Morgan fingerprint density at radius 1 is 1.00 bits per heavy atom. The van der Waals surface area contributed by atoms with E-state index in [-0.39, 0.29) is 0 Å². The van der Waals surface area contributed by atoms with Gasteiger partial charge in [0, 0.05) is 19.1 Å². The van der Waals surface area contributed by atoms with Gasteiger partial charge in [-0.2, -0.15) is 0 Å². The van der Waals surface area contributed by atoms with E-state index in [9.17, 15) is 0 Å². The molecule has 0 aromatic heterocycles. The quantitative estimate of drug-likeness (QED) is 0.545. The Bertz CT molecular complexity index is 155. The lowest BCUT2D eigenvalue weighted by Gasteiger charge is -2.15. The van der Waals surface area contributed by atoms with E-state index in [1.165, 1.54) is 71.0 Å². The monoisotopic (exact) mass is 226 g/mol. The van der Waals surface area contributed by atoms with E-state index >= 15 is 0 Å². The molecule has 1 rings (SSSR count). The molecule has 0 aliphatic heterocycles. The first-order valence-corrected chi connectivity index (χ1v) is 7.25. The van der Waals surface area contributed by atoms with Crippen LogP contribution in [0.3, 0.4) is 0 Å². The Labute approximate surface area is 102 Å². The molecule has 2 heteroatoms. The molecule has 16 heavy (non-hydrogen) atoms. The van der Waals surface area contributed by atoms with Gasteiger partial charge in [0.25, 0.3) is 0 Å². The van der Waals surface area contributed by atoms with Gasteiger partial charge >= 0.3 is 0 Å². The first-order valence-electron chi connectivity index (χ1n) is 7.25. The normalized spacial score (nSPS) is 15.9. The summed E-state index contributed by atoms with van der Waals surface area (Å²) in [4.78, 5) is 2.49. The van der Waals surface area contributed by atoms with Crippen LogP contribution in [0.1, 0.15) is 58.3 Å². The molecular weight excluding hydrogens is 196 g/mol. The van der Waals surface area contributed by atoms with E-state index in [1.807, 2.05) is 0 Å². The van der Waals surface area contributed by atoms with Crippen LogP contribution in [0.4, 0.5) is 0 Å². The van der Waals surface area contributed by atoms with Crippen LogP contribution in [0.25, 0.3) is 0 Å². The lowest BCUT2D eigenvalue weighted by atomic mass is 10.1. The van der Waals surface area contributed by atoms with Gasteiger partial charge in [0.15, 0.2) is 0 Å². The Kier molecular flexibility index (Phi) is 7.87. The molecule has 0 amide bonds. The van der Waals surface area contributed by atoms with E-state index in [0.29, 0.717) is 0 Å². The van der Waals surface area contributed by atoms with Gasteiger partial charge in [-0.15, -0.1) is 0 Å². The summed E-state index contributed by atoms with van der Waals surface area (Å²) in [7, 11) is 2.25. The average molecular weight is 226 g/mol. The molecule has 1 fully saturated rings. The van der Waals surface area contributed by atoms with Crippen LogP contribution < -0.4 is 5.32 Å². The molecule has 0 unspecified atom stereocenters. The fourth-order valence-electron chi connectivity index (χ4n) is 2.11. The Morgan fingerprint density at radius 3 is 2.38 bits per heavy atom. The zero-order chi connectivity index (χ0) is 11.6. The minimum atomic E-state index is 0.913. The largest absolute Gasteiger partial charge is 0.315 e. The third-order valence-corrected chi connectivity index (χ3v) is 3.52. The molecule has 1 N–H and O–H groups in total. The van der Waals surface area contributed by atoms with Crippen molar-refractivity contribution in [1.82, 2.24) is 10.2 Å². The number of hydrogen-bond acceptors (Lipinski definition) is 2. The van der Waals surface area contributed by atoms with Gasteiger partial charge in [0.1, 0.15) is 0 Å². The molecule has 0 aromatic rings. The number of nitrogens with zero attached hydrogens (tertiary/aromatic N) is 1. The van der Waals surface area contributed by atoms with Crippen molar-refractivity contribution in [3.8, 4) is 0 Å². The molecule has 96 valence electrons. The molecule has 0 radical (unpaired) electrons. The van der Waals surface area contributed by atoms with E-state index < -0.39 is 0 Å². The zero-order valence-electron chi connectivity index (χ0n) is 11.3. The second-order valence-corrected chi connectivity index (χ2v) is 5.23. The Hall–Kier alpha value is -0.0800. The van der Waals surface area contributed by atoms with Crippen molar-refractivity contribution in [1.29, 1.82) is 0 Å². The third kappa shape index (κ3) is 7.24. The van der Waals surface area contributed by atoms with Crippen molar-refractivity contribution in [2.75, 3.05) is 26.7 Å². The van der Waals surface area contributed by atoms with Crippen molar-refractivity contribution in [2.45, 2.75) is 64.3 Å². The lowest BCUT2D eigenvalue weighted by molar-refractivity contribution is 0.321. The van der Waals surface area contributed by atoms with Gasteiger partial charge in [-0.25, -0.2) is 0 Å². The SMILES string of the molecule is CCCCCCCCNCCN(C)C1CC1. The summed E-state index contributed by atoms with van der Waals surface area (Å²) < 4.78 is 0. The molecule has 0 spiro atoms. The molecule has 0 saturated heterocycles. The molecule has 1 saturated carbocycles. The minimum absolute atomic E-state index is 0.913. The predicted molar refractivity (Wildman–Crippen MR) is 71.9 cm³/mol. The first-order chi connectivity index (χ1) is 7.84. The van der Waals surface area contributed by atoms with Crippen LogP contribution in [0.15, 0.2) is 0 Å². The van der Waals surface area contributed by atoms with Crippen LogP contribution in [-0.2, 0) is 0 Å². The molecule has 1 aliphatic carbocycles. The van der Waals surface area contributed by atoms with Crippen molar-refractivity contribution in [3.63, 3.8) is 0 Å². The summed E-state index contributed by atoms with van der Waals surface area (Å²) in [5.74, 6) is 0.